The topological polar surface area (TPSA) is 41.6 Å². The summed E-state index contributed by atoms with van der Waals surface area (Å²) in [4.78, 5) is 14.0. The van der Waals surface area contributed by atoms with Gasteiger partial charge in [0, 0.05) is 31.8 Å². The van der Waals surface area contributed by atoms with Crippen molar-refractivity contribution < 1.29 is 9.53 Å². The Morgan fingerprint density at radius 3 is 2.53 bits per heavy atom. The van der Waals surface area contributed by atoms with Gasteiger partial charge in [-0.3, -0.25) is 4.79 Å². The normalized spacial score (nSPS) is 33.3. The van der Waals surface area contributed by atoms with Gasteiger partial charge in [0.2, 0.25) is 5.91 Å². The second kappa shape index (κ2) is 6.57. The molecule has 17 heavy (non-hydrogen) atoms. The Labute approximate surface area is 109 Å². The zero-order valence-corrected chi connectivity index (χ0v) is 11.5. The molecule has 2 saturated heterocycles. The summed E-state index contributed by atoms with van der Waals surface area (Å²) >= 11 is 0. The highest BCUT2D eigenvalue weighted by molar-refractivity contribution is 5.85. The third-order valence-corrected chi connectivity index (χ3v) is 3.34. The van der Waals surface area contributed by atoms with Gasteiger partial charge in [-0.05, 0) is 26.7 Å². The quantitative estimate of drug-likeness (QED) is 0.813. The van der Waals surface area contributed by atoms with E-state index >= 15 is 0 Å². The molecule has 5 heteroatoms. The monoisotopic (exact) mass is 262 g/mol. The maximum Gasteiger partial charge on any atom is 0.225 e. The van der Waals surface area contributed by atoms with Crippen molar-refractivity contribution in [3.8, 4) is 0 Å². The number of piperazine rings is 1. The lowest BCUT2D eigenvalue weighted by Crippen LogP contribution is -2.56. The van der Waals surface area contributed by atoms with Gasteiger partial charge in [0.05, 0.1) is 12.5 Å². The van der Waals surface area contributed by atoms with E-state index in [1.807, 2.05) is 4.90 Å². The van der Waals surface area contributed by atoms with E-state index in [1.54, 1.807) is 0 Å². The molecule has 0 bridgehead atoms. The summed E-state index contributed by atoms with van der Waals surface area (Å²) in [5, 5.41) is 3.43. The van der Waals surface area contributed by atoms with E-state index in [0.29, 0.717) is 18.5 Å². The van der Waals surface area contributed by atoms with Crippen molar-refractivity contribution in [3.63, 3.8) is 0 Å². The second-order valence-corrected chi connectivity index (χ2v) is 5.11. The Kier molecular flexibility index (Phi) is 5.70. The van der Waals surface area contributed by atoms with E-state index in [-0.39, 0.29) is 24.4 Å². The van der Waals surface area contributed by atoms with E-state index in [9.17, 15) is 4.79 Å². The number of nitrogens with zero attached hydrogens (tertiary/aromatic N) is 1. The summed E-state index contributed by atoms with van der Waals surface area (Å²) in [6.07, 6.45) is 2.89. The number of rotatable bonds is 2. The zero-order valence-electron chi connectivity index (χ0n) is 10.6. The van der Waals surface area contributed by atoms with E-state index in [0.717, 1.165) is 32.5 Å². The molecule has 0 radical (unpaired) electrons. The number of carbonyl (C=O) groups excluding carboxylic acids is 1. The van der Waals surface area contributed by atoms with Crippen LogP contribution in [0.3, 0.4) is 0 Å². The van der Waals surface area contributed by atoms with Crippen LogP contribution in [0, 0.1) is 0 Å². The average Bonchev–Trinajstić information content (AvgIpc) is 2.68. The molecule has 3 atom stereocenters. The van der Waals surface area contributed by atoms with Gasteiger partial charge in [-0.15, -0.1) is 12.4 Å². The fourth-order valence-corrected chi connectivity index (χ4v) is 2.66. The maximum atomic E-state index is 12.1. The van der Waals surface area contributed by atoms with Crippen LogP contribution in [0.25, 0.3) is 0 Å². The molecule has 2 heterocycles. The molecule has 2 rings (SSSR count). The predicted molar refractivity (Wildman–Crippen MR) is 69.5 cm³/mol. The van der Waals surface area contributed by atoms with Crippen LogP contribution in [0.2, 0.25) is 0 Å². The molecule has 3 unspecified atom stereocenters. The number of hydrogen-bond acceptors (Lipinski definition) is 3. The van der Waals surface area contributed by atoms with Gasteiger partial charge in [-0.25, -0.2) is 0 Å². The van der Waals surface area contributed by atoms with Crippen molar-refractivity contribution in [2.45, 2.75) is 51.3 Å². The van der Waals surface area contributed by atoms with Crippen LogP contribution < -0.4 is 5.32 Å². The molecule has 1 N–H and O–H groups in total. The van der Waals surface area contributed by atoms with Gasteiger partial charge in [-0.2, -0.15) is 0 Å². The largest absolute Gasteiger partial charge is 0.378 e. The first-order chi connectivity index (χ1) is 7.65. The highest BCUT2D eigenvalue weighted by Gasteiger charge is 2.27. The SMILES string of the molecule is CC1CN(C(=O)CC2CCCO2)CC(C)N1.Cl. The van der Waals surface area contributed by atoms with E-state index in [2.05, 4.69) is 19.2 Å². The minimum absolute atomic E-state index is 0. The Morgan fingerprint density at radius 2 is 2.00 bits per heavy atom. The standard InChI is InChI=1S/C12H22N2O2.ClH/c1-9-7-14(8-10(2)13-9)12(15)6-11-4-3-5-16-11;/h9-11,13H,3-8H2,1-2H3;1H. The summed E-state index contributed by atoms with van der Waals surface area (Å²) in [7, 11) is 0. The Hall–Kier alpha value is -0.320. The lowest BCUT2D eigenvalue weighted by Gasteiger charge is -2.36. The first-order valence-corrected chi connectivity index (χ1v) is 6.30. The number of hydrogen-bond donors (Lipinski definition) is 1. The molecule has 2 fully saturated rings. The fraction of sp³-hybridized carbons (Fsp3) is 0.917. The first-order valence-electron chi connectivity index (χ1n) is 6.30. The zero-order chi connectivity index (χ0) is 11.5. The van der Waals surface area contributed by atoms with Crippen molar-refractivity contribution in [3.05, 3.63) is 0 Å². The van der Waals surface area contributed by atoms with Gasteiger partial charge in [-0.1, -0.05) is 0 Å². The summed E-state index contributed by atoms with van der Waals surface area (Å²) in [6.45, 7) is 6.74. The molecule has 1 amide bonds. The summed E-state index contributed by atoms with van der Waals surface area (Å²) < 4.78 is 5.50. The second-order valence-electron chi connectivity index (χ2n) is 5.11. The lowest BCUT2D eigenvalue weighted by molar-refractivity contribution is -0.135. The molecular formula is C12H23ClN2O2. The van der Waals surface area contributed by atoms with Crippen molar-refractivity contribution in [1.29, 1.82) is 0 Å². The van der Waals surface area contributed by atoms with E-state index < -0.39 is 0 Å². The van der Waals surface area contributed by atoms with Crippen LogP contribution >= 0.6 is 12.4 Å². The van der Waals surface area contributed by atoms with Crippen LogP contribution in [-0.2, 0) is 9.53 Å². The molecule has 0 spiro atoms. The molecule has 0 saturated carbocycles. The van der Waals surface area contributed by atoms with Crippen molar-refractivity contribution in [1.82, 2.24) is 10.2 Å². The van der Waals surface area contributed by atoms with Crippen LogP contribution in [0.4, 0.5) is 0 Å². The third kappa shape index (κ3) is 4.12. The number of amides is 1. The molecule has 100 valence electrons. The fourth-order valence-electron chi connectivity index (χ4n) is 2.66. The molecule has 0 aromatic carbocycles. The van der Waals surface area contributed by atoms with Crippen molar-refractivity contribution in [2.75, 3.05) is 19.7 Å². The minimum atomic E-state index is 0. The summed E-state index contributed by atoms with van der Waals surface area (Å²) in [5.74, 6) is 0.257. The van der Waals surface area contributed by atoms with E-state index in [1.165, 1.54) is 0 Å². The van der Waals surface area contributed by atoms with Crippen LogP contribution in [-0.4, -0.2) is 48.7 Å². The van der Waals surface area contributed by atoms with Gasteiger partial charge >= 0.3 is 0 Å². The van der Waals surface area contributed by atoms with E-state index in [4.69, 9.17) is 4.74 Å². The molecular weight excluding hydrogens is 240 g/mol. The average molecular weight is 263 g/mol. The highest BCUT2D eigenvalue weighted by Crippen LogP contribution is 2.17. The Morgan fingerprint density at radius 1 is 1.35 bits per heavy atom. The van der Waals surface area contributed by atoms with Crippen LogP contribution in [0.15, 0.2) is 0 Å². The van der Waals surface area contributed by atoms with Crippen molar-refractivity contribution in [2.24, 2.45) is 0 Å². The summed E-state index contributed by atoms with van der Waals surface area (Å²) in [5.41, 5.74) is 0. The van der Waals surface area contributed by atoms with Crippen molar-refractivity contribution >= 4 is 18.3 Å². The molecule has 2 aliphatic rings. The van der Waals surface area contributed by atoms with Gasteiger partial charge < -0.3 is 15.0 Å². The Balaban J connectivity index is 0.00000144. The van der Waals surface area contributed by atoms with Crippen LogP contribution in [0.1, 0.15) is 33.1 Å². The lowest BCUT2D eigenvalue weighted by atomic mass is 10.1. The van der Waals surface area contributed by atoms with Gasteiger partial charge in [0.25, 0.3) is 0 Å². The Bertz CT molecular complexity index is 247. The predicted octanol–water partition coefficient (Wildman–Crippen LogP) is 1.19. The third-order valence-electron chi connectivity index (χ3n) is 3.34. The summed E-state index contributed by atoms with van der Waals surface area (Å²) in [6, 6.07) is 0.800. The minimum Gasteiger partial charge on any atom is -0.378 e. The smallest absolute Gasteiger partial charge is 0.225 e. The molecule has 4 nitrogen and oxygen atoms in total. The number of nitrogens with one attached hydrogen (secondary N) is 1. The van der Waals surface area contributed by atoms with Crippen LogP contribution in [0.5, 0.6) is 0 Å². The van der Waals surface area contributed by atoms with Gasteiger partial charge in [0.15, 0.2) is 0 Å². The maximum absolute atomic E-state index is 12.1. The molecule has 0 aromatic rings. The highest BCUT2D eigenvalue weighted by atomic mass is 35.5. The number of carbonyl (C=O) groups is 1. The first kappa shape index (κ1) is 14.7. The molecule has 0 aromatic heterocycles. The number of halogens is 1. The van der Waals surface area contributed by atoms with Gasteiger partial charge in [0.1, 0.15) is 0 Å². The molecule has 2 aliphatic heterocycles. The number of ether oxygens (including phenoxy) is 1. The molecule has 0 aliphatic carbocycles.